The van der Waals surface area contributed by atoms with E-state index in [0.717, 1.165) is 18.7 Å². The second kappa shape index (κ2) is 5.61. The van der Waals surface area contributed by atoms with Crippen molar-refractivity contribution in [1.29, 1.82) is 0 Å². The fraction of sp³-hybridized carbons (Fsp3) is 0.533. The average molecular weight is 262 g/mol. The van der Waals surface area contributed by atoms with E-state index < -0.39 is 5.54 Å². The van der Waals surface area contributed by atoms with Gasteiger partial charge in [0.15, 0.2) is 0 Å². The van der Waals surface area contributed by atoms with Gasteiger partial charge in [0, 0.05) is 18.8 Å². The molecule has 1 atom stereocenters. The molecule has 104 valence electrons. The lowest BCUT2D eigenvalue weighted by molar-refractivity contribution is -0.148. The van der Waals surface area contributed by atoms with E-state index in [0.29, 0.717) is 13.2 Å². The van der Waals surface area contributed by atoms with Crippen LogP contribution in [-0.4, -0.2) is 43.2 Å². The minimum atomic E-state index is -0.613. The van der Waals surface area contributed by atoms with Crippen LogP contribution in [0.15, 0.2) is 24.3 Å². The maximum Gasteiger partial charge on any atom is 0.333 e. The fourth-order valence-corrected chi connectivity index (χ4v) is 2.59. The number of nitrogens with zero attached hydrogens (tertiary/aromatic N) is 1. The van der Waals surface area contributed by atoms with Crippen molar-refractivity contribution in [3.8, 4) is 0 Å². The number of ether oxygens (including phenoxy) is 1. The molecule has 19 heavy (non-hydrogen) atoms. The highest BCUT2D eigenvalue weighted by atomic mass is 16.5. The number of benzene rings is 1. The highest BCUT2D eigenvalue weighted by Gasteiger charge is 2.45. The molecule has 0 spiro atoms. The topological polar surface area (TPSA) is 41.6 Å². The molecule has 4 heteroatoms. The predicted octanol–water partition coefficient (Wildman–Crippen LogP) is 2.04. The van der Waals surface area contributed by atoms with Crippen molar-refractivity contribution in [1.82, 2.24) is 4.90 Å². The molecule has 1 fully saturated rings. The molecule has 4 nitrogen and oxygen atoms in total. The second-order valence-electron chi connectivity index (χ2n) is 5.28. The lowest BCUT2D eigenvalue weighted by Gasteiger charge is -2.29. The van der Waals surface area contributed by atoms with Crippen molar-refractivity contribution < 1.29 is 9.53 Å². The van der Waals surface area contributed by atoms with Crippen LogP contribution in [0.1, 0.15) is 18.9 Å². The summed E-state index contributed by atoms with van der Waals surface area (Å²) >= 11 is 0. The third-order valence-corrected chi connectivity index (χ3v) is 3.53. The molecule has 0 aromatic heterocycles. The summed E-state index contributed by atoms with van der Waals surface area (Å²) in [6.45, 7) is 5.89. The van der Waals surface area contributed by atoms with Gasteiger partial charge in [-0.1, -0.05) is 12.1 Å². The minimum absolute atomic E-state index is 0.152. The Morgan fingerprint density at radius 1 is 1.53 bits per heavy atom. The first-order chi connectivity index (χ1) is 9.05. The lowest BCUT2D eigenvalue weighted by Crippen LogP contribution is -2.49. The van der Waals surface area contributed by atoms with E-state index in [1.54, 1.807) is 0 Å². The number of rotatable bonds is 4. The molecule has 1 unspecified atom stereocenters. The first-order valence-electron chi connectivity index (χ1n) is 6.76. The number of hydrogen-bond donors (Lipinski definition) is 1. The number of likely N-dealkylation sites (tertiary alicyclic amines) is 1. The van der Waals surface area contributed by atoms with E-state index in [1.807, 2.05) is 39.1 Å². The van der Waals surface area contributed by atoms with Gasteiger partial charge in [-0.15, -0.1) is 0 Å². The first kappa shape index (κ1) is 13.9. The number of anilines is 1. The van der Waals surface area contributed by atoms with Gasteiger partial charge in [0.1, 0.15) is 5.54 Å². The van der Waals surface area contributed by atoms with Crippen molar-refractivity contribution >= 4 is 11.7 Å². The summed E-state index contributed by atoms with van der Waals surface area (Å²) in [4.78, 5) is 14.4. The Hall–Kier alpha value is -1.55. The summed E-state index contributed by atoms with van der Waals surface area (Å²) in [5, 5.41) is 3.39. The number of esters is 1. The van der Waals surface area contributed by atoms with Gasteiger partial charge in [-0.25, -0.2) is 4.79 Å². The summed E-state index contributed by atoms with van der Waals surface area (Å²) in [5.74, 6) is -0.152. The molecular weight excluding hydrogens is 240 g/mol. The van der Waals surface area contributed by atoms with Gasteiger partial charge in [0.05, 0.1) is 6.61 Å². The van der Waals surface area contributed by atoms with E-state index in [1.165, 1.54) is 5.56 Å². The number of likely N-dealkylation sites (N-methyl/N-ethyl adjacent to an activating group) is 1. The molecule has 1 aliphatic heterocycles. The molecule has 1 aromatic carbocycles. The minimum Gasteiger partial charge on any atom is -0.464 e. The van der Waals surface area contributed by atoms with Crippen LogP contribution in [0.3, 0.4) is 0 Å². The van der Waals surface area contributed by atoms with E-state index >= 15 is 0 Å². The standard InChI is InChI=1S/C15H22N2O2/c1-4-19-14(18)15(8-9-17(3)11-15)16-13-7-5-6-12(2)10-13/h5-7,10,16H,4,8-9,11H2,1-3H3. The summed E-state index contributed by atoms with van der Waals surface area (Å²) in [6.07, 6.45) is 0.774. The van der Waals surface area contributed by atoms with Crippen LogP contribution < -0.4 is 5.32 Å². The maximum absolute atomic E-state index is 12.3. The molecular formula is C15H22N2O2. The van der Waals surface area contributed by atoms with Crippen LogP contribution in [0.2, 0.25) is 0 Å². The van der Waals surface area contributed by atoms with Crippen LogP contribution in [0.25, 0.3) is 0 Å². The second-order valence-corrected chi connectivity index (χ2v) is 5.28. The van der Waals surface area contributed by atoms with Gasteiger partial charge < -0.3 is 15.0 Å². The summed E-state index contributed by atoms with van der Waals surface area (Å²) < 4.78 is 5.25. The summed E-state index contributed by atoms with van der Waals surface area (Å²) in [5.41, 5.74) is 1.54. The van der Waals surface area contributed by atoms with Gasteiger partial charge in [-0.3, -0.25) is 0 Å². The third kappa shape index (κ3) is 3.07. The Kier molecular flexibility index (Phi) is 4.10. The van der Waals surface area contributed by atoms with E-state index in [2.05, 4.69) is 16.3 Å². The zero-order valence-corrected chi connectivity index (χ0v) is 11.9. The van der Waals surface area contributed by atoms with Crippen LogP contribution in [0.5, 0.6) is 0 Å². The largest absolute Gasteiger partial charge is 0.464 e. The molecule has 1 saturated heterocycles. The molecule has 2 rings (SSSR count). The first-order valence-corrected chi connectivity index (χ1v) is 6.76. The zero-order chi connectivity index (χ0) is 13.9. The molecule has 0 saturated carbocycles. The fourth-order valence-electron chi connectivity index (χ4n) is 2.59. The molecule has 0 radical (unpaired) electrons. The van der Waals surface area contributed by atoms with E-state index in [9.17, 15) is 4.79 Å². The van der Waals surface area contributed by atoms with E-state index in [-0.39, 0.29) is 5.97 Å². The molecule has 1 heterocycles. The molecule has 0 aliphatic carbocycles. The van der Waals surface area contributed by atoms with Gasteiger partial charge in [-0.05, 0) is 45.0 Å². The van der Waals surface area contributed by atoms with Crippen molar-refractivity contribution in [2.45, 2.75) is 25.8 Å². The zero-order valence-electron chi connectivity index (χ0n) is 11.9. The van der Waals surface area contributed by atoms with Crippen molar-refractivity contribution in [3.63, 3.8) is 0 Å². The number of hydrogen-bond acceptors (Lipinski definition) is 4. The number of nitrogens with one attached hydrogen (secondary N) is 1. The maximum atomic E-state index is 12.3. The Labute approximate surface area is 114 Å². The van der Waals surface area contributed by atoms with Crippen LogP contribution in [0, 0.1) is 6.92 Å². The van der Waals surface area contributed by atoms with Gasteiger partial charge >= 0.3 is 5.97 Å². The Bertz CT molecular complexity index is 461. The monoisotopic (exact) mass is 262 g/mol. The lowest BCUT2D eigenvalue weighted by atomic mass is 9.98. The van der Waals surface area contributed by atoms with Gasteiger partial charge in [0.25, 0.3) is 0 Å². The molecule has 1 aliphatic rings. The number of carbonyl (C=O) groups is 1. The quantitative estimate of drug-likeness (QED) is 0.843. The molecule has 1 aromatic rings. The molecule has 1 N–H and O–H groups in total. The molecule has 0 bridgehead atoms. The highest BCUT2D eigenvalue weighted by molar-refractivity contribution is 5.85. The van der Waals surface area contributed by atoms with Crippen LogP contribution in [0.4, 0.5) is 5.69 Å². The molecule has 0 amide bonds. The van der Waals surface area contributed by atoms with Crippen LogP contribution in [-0.2, 0) is 9.53 Å². The van der Waals surface area contributed by atoms with Crippen molar-refractivity contribution in [2.75, 3.05) is 32.1 Å². The normalized spacial score (nSPS) is 23.3. The van der Waals surface area contributed by atoms with Crippen LogP contribution >= 0.6 is 0 Å². The Morgan fingerprint density at radius 2 is 2.32 bits per heavy atom. The SMILES string of the molecule is CCOC(=O)C1(Nc2cccc(C)c2)CCN(C)C1. The summed E-state index contributed by atoms with van der Waals surface area (Å²) in [6, 6.07) is 8.09. The predicted molar refractivity (Wildman–Crippen MR) is 76.3 cm³/mol. The number of carbonyl (C=O) groups excluding carboxylic acids is 1. The van der Waals surface area contributed by atoms with Crippen molar-refractivity contribution in [3.05, 3.63) is 29.8 Å². The Morgan fingerprint density at radius 3 is 2.89 bits per heavy atom. The smallest absolute Gasteiger partial charge is 0.333 e. The Balaban J connectivity index is 2.21. The van der Waals surface area contributed by atoms with Crippen molar-refractivity contribution in [2.24, 2.45) is 0 Å². The van der Waals surface area contributed by atoms with Gasteiger partial charge in [-0.2, -0.15) is 0 Å². The average Bonchev–Trinajstić information content (AvgIpc) is 2.72. The number of aryl methyl sites for hydroxylation is 1. The van der Waals surface area contributed by atoms with E-state index in [4.69, 9.17) is 4.74 Å². The van der Waals surface area contributed by atoms with Gasteiger partial charge in [0.2, 0.25) is 0 Å². The third-order valence-electron chi connectivity index (χ3n) is 3.53. The summed E-state index contributed by atoms with van der Waals surface area (Å²) in [7, 11) is 2.03. The highest BCUT2D eigenvalue weighted by Crippen LogP contribution is 2.27.